The van der Waals surface area contributed by atoms with Crippen LogP contribution in [0.15, 0.2) is 59.4 Å². The van der Waals surface area contributed by atoms with E-state index in [2.05, 4.69) is 0 Å². The highest BCUT2D eigenvalue weighted by Crippen LogP contribution is 2.57. The highest BCUT2D eigenvalue weighted by atomic mass is 16.6. The molecule has 0 radical (unpaired) electrons. The summed E-state index contributed by atoms with van der Waals surface area (Å²) in [6.45, 7) is 5.33. The monoisotopic (exact) mass is 544 g/mol. The van der Waals surface area contributed by atoms with Gasteiger partial charge in [-0.25, -0.2) is 4.79 Å². The van der Waals surface area contributed by atoms with Gasteiger partial charge < -0.3 is 29.2 Å². The van der Waals surface area contributed by atoms with Crippen LogP contribution in [0.25, 0.3) is 5.57 Å². The molecule has 0 spiro atoms. The van der Waals surface area contributed by atoms with Crippen LogP contribution in [-0.4, -0.2) is 47.4 Å². The minimum absolute atomic E-state index is 0.0728. The summed E-state index contributed by atoms with van der Waals surface area (Å²) in [5, 5.41) is 20.5. The molecule has 3 atom stereocenters. The Kier molecular flexibility index (Phi) is 6.26. The second-order valence-electron chi connectivity index (χ2n) is 11.1. The molecule has 40 heavy (non-hydrogen) atoms. The molecule has 208 valence electrons. The number of rotatable bonds is 5. The van der Waals surface area contributed by atoms with Crippen molar-refractivity contribution in [3.05, 3.63) is 76.1 Å². The number of carbonyl (C=O) groups excluding carboxylic acids is 2. The Morgan fingerprint density at radius 3 is 2.58 bits per heavy atom. The van der Waals surface area contributed by atoms with Gasteiger partial charge in [0.15, 0.2) is 0 Å². The fourth-order valence-corrected chi connectivity index (χ4v) is 6.30. The van der Waals surface area contributed by atoms with E-state index in [1.165, 1.54) is 0 Å². The Labute approximate surface area is 232 Å². The number of methoxy groups -OCH3 is 1. The summed E-state index contributed by atoms with van der Waals surface area (Å²) in [6.07, 6.45) is 4.61. The SMILES string of the molecule is CCOC(=O)C1=C2C=CC3C(=C2c2c(cc4c(c2OC)CC(C(C)(C)O)O4)O1)CCC(=O)C3c1ccc(O)cc1. The summed E-state index contributed by atoms with van der Waals surface area (Å²) in [6, 6.07) is 8.51. The van der Waals surface area contributed by atoms with Crippen LogP contribution in [0, 0.1) is 5.92 Å². The van der Waals surface area contributed by atoms with E-state index in [1.54, 1.807) is 58.2 Å². The van der Waals surface area contributed by atoms with Crippen LogP contribution >= 0.6 is 0 Å². The number of carbonyl (C=O) groups is 2. The number of hydrogen-bond donors (Lipinski definition) is 2. The highest BCUT2D eigenvalue weighted by Gasteiger charge is 2.45. The van der Waals surface area contributed by atoms with Crippen molar-refractivity contribution in [3.8, 4) is 23.0 Å². The molecule has 2 aromatic rings. The van der Waals surface area contributed by atoms with Gasteiger partial charge in [-0.2, -0.15) is 0 Å². The number of fused-ring (bicyclic) bond motifs is 5. The van der Waals surface area contributed by atoms with Gasteiger partial charge in [0.05, 0.1) is 30.8 Å². The molecule has 0 saturated heterocycles. The zero-order chi connectivity index (χ0) is 28.3. The topological polar surface area (TPSA) is 112 Å². The molecule has 0 bridgehead atoms. The maximum atomic E-state index is 13.3. The van der Waals surface area contributed by atoms with Crippen molar-refractivity contribution in [2.24, 2.45) is 5.92 Å². The lowest BCUT2D eigenvalue weighted by atomic mass is 9.66. The Balaban J connectivity index is 1.57. The summed E-state index contributed by atoms with van der Waals surface area (Å²) in [4.78, 5) is 26.4. The van der Waals surface area contributed by atoms with Crippen LogP contribution in [0.2, 0.25) is 0 Å². The van der Waals surface area contributed by atoms with Crippen LogP contribution in [0.1, 0.15) is 56.2 Å². The lowest BCUT2D eigenvalue weighted by Gasteiger charge is -2.38. The first-order valence-corrected chi connectivity index (χ1v) is 13.6. The molecule has 1 saturated carbocycles. The largest absolute Gasteiger partial charge is 0.508 e. The lowest BCUT2D eigenvalue weighted by molar-refractivity contribution is -0.141. The zero-order valence-electron chi connectivity index (χ0n) is 22.9. The van der Waals surface area contributed by atoms with Crippen molar-refractivity contribution in [3.63, 3.8) is 0 Å². The average Bonchev–Trinajstić information content (AvgIpc) is 3.36. The van der Waals surface area contributed by atoms with Crippen LogP contribution in [0.5, 0.6) is 23.0 Å². The Hall–Kier alpha value is -4.04. The molecule has 1 fully saturated rings. The van der Waals surface area contributed by atoms with E-state index in [1.807, 2.05) is 12.2 Å². The van der Waals surface area contributed by atoms with E-state index in [9.17, 15) is 19.8 Å². The Morgan fingerprint density at radius 2 is 1.90 bits per heavy atom. The molecule has 2 aromatic carbocycles. The third-order valence-corrected chi connectivity index (χ3v) is 8.19. The summed E-state index contributed by atoms with van der Waals surface area (Å²) in [5.41, 5.74) is 3.66. The van der Waals surface area contributed by atoms with E-state index in [0.717, 1.165) is 22.3 Å². The third-order valence-electron chi connectivity index (χ3n) is 8.19. The van der Waals surface area contributed by atoms with Gasteiger partial charge in [0.25, 0.3) is 0 Å². The predicted octanol–water partition coefficient (Wildman–Crippen LogP) is 4.77. The number of Topliss-reactive ketones (excluding diaryl/α,β-unsaturated/α-hetero) is 1. The van der Waals surface area contributed by atoms with Gasteiger partial charge in [-0.3, -0.25) is 4.79 Å². The maximum absolute atomic E-state index is 13.3. The van der Waals surface area contributed by atoms with Gasteiger partial charge in [-0.1, -0.05) is 29.9 Å². The molecule has 2 N–H and O–H groups in total. The molecule has 6 rings (SSSR count). The van der Waals surface area contributed by atoms with Crippen LogP contribution in [-0.2, 0) is 20.7 Å². The summed E-state index contributed by atoms with van der Waals surface area (Å²) in [5.74, 6) is 0.554. The molecular weight excluding hydrogens is 512 g/mol. The first-order valence-electron chi connectivity index (χ1n) is 13.6. The Bertz CT molecular complexity index is 1500. The van der Waals surface area contributed by atoms with E-state index >= 15 is 0 Å². The Morgan fingerprint density at radius 1 is 1.15 bits per heavy atom. The standard InChI is InChI=1S/C32H32O8/c1-5-38-31(35)30-20-11-10-18-19(12-13-22(34)26(18)16-6-8-17(33)9-7-16)27(20)28-24(40-30)15-23-21(29(28)37-4)14-25(39-23)32(2,3)36/h6-11,15,18,25-26,33,36H,5,12-14H2,1-4H3. The quantitative estimate of drug-likeness (QED) is 0.518. The van der Waals surface area contributed by atoms with Crippen LogP contribution in [0.4, 0.5) is 0 Å². The zero-order valence-corrected chi connectivity index (χ0v) is 22.9. The van der Waals surface area contributed by atoms with Gasteiger partial charge in [-0.05, 0) is 44.9 Å². The van der Waals surface area contributed by atoms with E-state index in [4.69, 9.17) is 18.9 Å². The normalized spacial score (nSPS) is 23.0. The number of aliphatic hydroxyl groups is 1. The molecule has 2 aliphatic carbocycles. The molecule has 3 unspecified atom stereocenters. The molecular formula is C32H32O8. The number of aromatic hydroxyl groups is 1. The average molecular weight is 545 g/mol. The van der Waals surface area contributed by atoms with E-state index in [-0.39, 0.29) is 29.8 Å². The molecule has 8 nitrogen and oxygen atoms in total. The lowest BCUT2D eigenvalue weighted by Crippen LogP contribution is -2.39. The fourth-order valence-electron chi connectivity index (χ4n) is 6.30. The van der Waals surface area contributed by atoms with E-state index in [0.29, 0.717) is 47.6 Å². The highest BCUT2D eigenvalue weighted by molar-refractivity contribution is 6.03. The maximum Gasteiger partial charge on any atom is 0.374 e. The van der Waals surface area contributed by atoms with Crippen molar-refractivity contribution in [1.29, 1.82) is 0 Å². The van der Waals surface area contributed by atoms with Crippen LogP contribution < -0.4 is 14.2 Å². The second kappa shape index (κ2) is 9.55. The van der Waals surface area contributed by atoms with Crippen molar-refractivity contribution in [2.45, 2.75) is 57.7 Å². The predicted molar refractivity (Wildman–Crippen MR) is 146 cm³/mol. The van der Waals surface area contributed by atoms with Gasteiger partial charge in [0.1, 0.15) is 34.9 Å². The summed E-state index contributed by atoms with van der Waals surface area (Å²) in [7, 11) is 1.59. The van der Waals surface area contributed by atoms with Crippen molar-refractivity contribution >= 4 is 17.3 Å². The number of ketones is 1. The van der Waals surface area contributed by atoms with Crippen LogP contribution in [0.3, 0.4) is 0 Å². The molecule has 8 heteroatoms. The smallest absolute Gasteiger partial charge is 0.374 e. The second-order valence-corrected chi connectivity index (χ2v) is 11.1. The first kappa shape index (κ1) is 26.2. The number of hydrogen-bond acceptors (Lipinski definition) is 8. The molecule has 2 heterocycles. The summed E-state index contributed by atoms with van der Waals surface area (Å²) < 4.78 is 23.7. The third kappa shape index (κ3) is 4.09. The number of phenolic OH excluding ortho intramolecular Hbond substituents is 1. The minimum atomic E-state index is -1.09. The number of ether oxygens (including phenoxy) is 4. The van der Waals surface area contributed by atoms with Gasteiger partial charge >= 0.3 is 5.97 Å². The summed E-state index contributed by atoms with van der Waals surface area (Å²) >= 11 is 0. The number of phenols is 1. The first-order chi connectivity index (χ1) is 19.1. The molecule has 0 amide bonds. The number of allylic oxidation sites excluding steroid dienone is 5. The molecule has 0 aromatic heterocycles. The van der Waals surface area contributed by atoms with Crippen molar-refractivity contribution in [2.75, 3.05) is 13.7 Å². The minimum Gasteiger partial charge on any atom is -0.508 e. The number of benzene rings is 2. The fraction of sp³-hybridized carbons (Fsp3) is 0.375. The van der Waals surface area contributed by atoms with Crippen molar-refractivity contribution < 1.29 is 38.7 Å². The van der Waals surface area contributed by atoms with E-state index < -0.39 is 23.6 Å². The molecule has 2 aliphatic heterocycles. The molecule has 4 aliphatic rings. The van der Waals surface area contributed by atoms with Gasteiger partial charge in [0, 0.05) is 41.5 Å². The number of esters is 1. The van der Waals surface area contributed by atoms with Gasteiger partial charge in [0.2, 0.25) is 5.76 Å². The van der Waals surface area contributed by atoms with Crippen molar-refractivity contribution in [1.82, 2.24) is 0 Å². The van der Waals surface area contributed by atoms with Gasteiger partial charge in [-0.15, -0.1) is 0 Å².